The number of ether oxygens (including phenoxy) is 2. The van der Waals surface area contributed by atoms with E-state index in [1.807, 2.05) is 79.7 Å². The molecular formula is C25H29NO3. The van der Waals surface area contributed by atoms with E-state index in [0.717, 1.165) is 33.8 Å². The summed E-state index contributed by atoms with van der Waals surface area (Å²) in [6.45, 7) is 2.02. The van der Waals surface area contributed by atoms with Crippen LogP contribution in [0.25, 0.3) is 0 Å². The van der Waals surface area contributed by atoms with Crippen LogP contribution in [0.4, 0.5) is 0 Å². The third kappa shape index (κ3) is 4.97. The van der Waals surface area contributed by atoms with Crippen LogP contribution in [0.2, 0.25) is 0 Å². The number of hydrogen-bond acceptors (Lipinski definition) is 4. The second-order valence-corrected chi connectivity index (χ2v) is 7.49. The Kier molecular flexibility index (Phi) is 6.57. The first kappa shape index (κ1) is 20.9. The van der Waals surface area contributed by atoms with Crippen molar-refractivity contribution in [3.63, 3.8) is 0 Å². The van der Waals surface area contributed by atoms with Gasteiger partial charge in [-0.25, -0.2) is 0 Å². The minimum Gasteiger partial charge on any atom is -0.497 e. The largest absolute Gasteiger partial charge is 0.497 e. The van der Waals surface area contributed by atoms with Gasteiger partial charge < -0.3 is 20.3 Å². The molecule has 4 nitrogen and oxygen atoms in total. The average Bonchev–Trinajstić information content (AvgIpc) is 2.73. The number of hydrogen-bond donors (Lipinski definition) is 2. The van der Waals surface area contributed by atoms with Crippen molar-refractivity contribution in [2.75, 3.05) is 14.2 Å². The number of nitrogens with two attached hydrogens (primary N) is 1. The Labute approximate surface area is 172 Å². The molecule has 1 unspecified atom stereocenters. The third-order valence-corrected chi connectivity index (χ3v) is 5.39. The van der Waals surface area contributed by atoms with E-state index in [0.29, 0.717) is 12.8 Å². The Balaban J connectivity index is 2.00. The van der Waals surface area contributed by atoms with Crippen molar-refractivity contribution in [2.24, 2.45) is 5.73 Å². The quantitative estimate of drug-likeness (QED) is 0.603. The molecular weight excluding hydrogens is 362 g/mol. The molecule has 0 amide bonds. The SMILES string of the molecule is COc1cccc(CC(O)(Cc2cccc(OC)c2)C(N)c2ccccc2C)c1. The van der Waals surface area contributed by atoms with Crippen molar-refractivity contribution in [3.05, 3.63) is 95.1 Å². The van der Waals surface area contributed by atoms with Gasteiger partial charge in [0.15, 0.2) is 0 Å². The molecule has 4 heteroatoms. The van der Waals surface area contributed by atoms with E-state index in [-0.39, 0.29) is 0 Å². The lowest BCUT2D eigenvalue weighted by molar-refractivity contribution is 0.0134. The van der Waals surface area contributed by atoms with Crippen LogP contribution in [0.15, 0.2) is 72.8 Å². The van der Waals surface area contributed by atoms with Gasteiger partial charge >= 0.3 is 0 Å². The first-order valence-corrected chi connectivity index (χ1v) is 9.74. The Morgan fingerprint density at radius 1 is 0.828 bits per heavy atom. The minimum atomic E-state index is -1.19. The molecule has 0 saturated heterocycles. The van der Waals surface area contributed by atoms with Crippen LogP contribution in [0.1, 0.15) is 28.3 Å². The molecule has 1 atom stereocenters. The lowest BCUT2D eigenvalue weighted by Crippen LogP contribution is -2.45. The maximum Gasteiger partial charge on any atom is 0.119 e. The molecule has 0 aromatic heterocycles. The summed E-state index contributed by atoms with van der Waals surface area (Å²) in [5.74, 6) is 1.52. The summed E-state index contributed by atoms with van der Waals surface area (Å²) in [4.78, 5) is 0. The van der Waals surface area contributed by atoms with Crippen molar-refractivity contribution in [1.29, 1.82) is 0 Å². The van der Waals surface area contributed by atoms with Crippen LogP contribution in [0.5, 0.6) is 11.5 Å². The number of methoxy groups -OCH3 is 2. The highest BCUT2D eigenvalue weighted by Gasteiger charge is 2.36. The monoisotopic (exact) mass is 391 g/mol. The van der Waals surface area contributed by atoms with Gasteiger partial charge in [-0.2, -0.15) is 0 Å². The summed E-state index contributed by atoms with van der Waals surface area (Å²) in [7, 11) is 3.28. The van der Waals surface area contributed by atoms with Gasteiger partial charge in [0.25, 0.3) is 0 Å². The van der Waals surface area contributed by atoms with E-state index >= 15 is 0 Å². The molecule has 0 aliphatic rings. The van der Waals surface area contributed by atoms with E-state index in [2.05, 4.69) is 0 Å². The zero-order chi connectivity index (χ0) is 20.9. The van der Waals surface area contributed by atoms with Crippen LogP contribution in [-0.4, -0.2) is 24.9 Å². The van der Waals surface area contributed by atoms with Gasteiger partial charge in [-0.15, -0.1) is 0 Å². The normalized spacial score (nSPS) is 12.4. The van der Waals surface area contributed by atoms with Crippen molar-refractivity contribution >= 4 is 0 Å². The molecule has 3 N–H and O–H groups in total. The molecule has 29 heavy (non-hydrogen) atoms. The van der Waals surface area contributed by atoms with E-state index in [1.165, 1.54) is 0 Å². The van der Waals surface area contributed by atoms with Crippen molar-refractivity contribution < 1.29 is 14.6 Å². The maximum absolute atomic E-state index is 11.9. The average molecular weight is 392 g/mol. The third-order valence-electron chi connectivity index (χ3n) is 5.39. The van der Waals surface area contributed by atoms with Crippen molar-refractivity contribution in [2.45, 2.75) is 31.4 Å². The van der Waals surface area contributed by atoms with E-state index in [1.54, 1.807) is 14.2 Å². The highest BCUT2D eigenvalue weighted by atomic mass is 16.5. The maximum atomic E-state index is 11.9. The highest BCUT2D eigenvalue weighted by molar-refractivity contribution is 5.36. The first-order chi connectivity index (χ1) is 13.9. The second kappa shape index (κ2) is 9.12. The summed E-state index contributed by atoms with van der Waals surface area (Å²) >= 11 is 0. The molecule has 152 valence electrons. The predicted molar refractivity (Wildman–Crippen MR) is 116 cm³/mol. The molecule has 0 aliphatic heterocycles. The van der Waals surface area contributed by atoms with Gasteiger partial charge in [0, 0.05) is 12.8 Å². The summed E-state index contributed by atoms with van der Waals surface area (Å²) in [5.41, 5.74) is 9.46. The number of benzene rings is 3. The van der Waals surface area contributed by atoms with Gasteiger partial charge in [-0.3, -0.25) is 0 Å². The first-order valence-electron chi connectivity index (χ1n) is 9.74. The molecule has 3 aromatic rings. The summed E-state index contributed by atoms with van der Waals surface area (Å²) in [6, 6.07) is 22.9. The summed E-state index contributed by atoms with van der Waals surface area (Å²) < 4.78 is 10.7. The lowest BCUT2D eigenvalue weighted by atomic mass is 9.78. The number of aliphatic hydroxyl groups is 1. The van der Waals surface area contributed by atoms with Crippen LogP contribution >= 0.6 is 0 Å². The smallest absolute Gasteiger partial charge is 0.119 e. The number of aryl methyl sites for hydroxylation is 1. The Hall–Kier alpha value is -2.82. The van der Waals surface area contributed by atoms with Gasteiger partial charge in [0.2, 0.25) is 0 Å². The van der Waals surface area contributed by atoms with E-state index in [4.69, 9.17) is 15.2 Å². The standard InChI is InChI=1S/C25H29NO3/c1-18-8-4-5-13-23(18)24(26)25(27,16-19-9-6-11-21(14-19)28-2)17-20-10-7-12-22(15-20)29-3/h4-15,24,27H,16-17,26H2,1-3H3. The summed E-state index contributed by atoms with van der Waals surface area (Å²) in [6.07, 6.45) is 0.799. The van der Waals surface area contributed by atoms with Gasteiger partial charge in [0.05, 0.1) is 25.9 Å². The fraction of sp³-hybridized carbons (Fsp3) is 0.280. The van der Waals surface area contributed by atoms with Crippen LogP contribution in [0.3, 0.4) is 0 Å². The van der Waals surface area contributed by atoms with Crippen molar-refractivity contribution in [3.8, 4) is 11.5 Å². The Bertz CT molecular complexity index is 905. The minimum absolute atomic E-state index is 0.400. The molecule has 0 aliphatic carbocycles. The Morgan fingerprint density at radius 2 is 1.34 bits per heavy atom. The van der Waals surface area contributed by atoms with Gasteiger partial charge in [-0.05, 0) is 53.4 Å². The van der Waals surface area contributed by atoms with E-state index in [9.17, 15) is 5.11 Å². The van der Waals surface area contributed by atoms with Gasteiger partial charge in [-0.1, -0.05) is 48.5 Å². The van der Waals surface area contributed by atoms with Crippen LogP contribution < -0.4 is 15.2 Å². The zero-order valence-corrected chi connectivity index (χ0v) is 17.3. The highest BCUT2D eigenvalue weighted by Crippen LogP contribution is 2.33. The lowest BCUT2D eigenvalue weighted by Gasteiger charge is -2.35. The van der Waals surface area contributed by atoms with E-state index < -0.39 is 11.6 Å². The molecule has 3 aromatic carbocycles. The molecule has 3 rings (SSSR count). The van der Waals surface area contributed by atoms with Crippen LogP contribution in [0, 0.1) is 6.92 Å². The van der Waals surface area contributed by atoms with Gasteiger partial charge in [0.1, 0.15) is 11.5 Å². The molecule has 0 heterocycles. The second-order valence-electron chi connectivity index (χ2n) is 7.49. The zero-order valence-electron chi connectivity index (χ0n) is 17.3. The predicted octanol–water partition coefficient (Wildman–Crippen LogP) is 4.23. The molecule has 0 saturated carbocycles. The molecule has 0 radical (unpaired) electrons. The fourth-order valence-electron chi connectivity index (χ4n) is 3.78. The molecule has 0 bridgehead atoms. The summed E-state index contributed by atoms with van der Waals surface area (Å²) in [5, 5.41) is 11.9. The molecule has 0 fully saturated rings. The topological polar surface area (TPSA) is 64.7 Å². The van der Waals surface area contributed by atoms with Crippen LogP contribution in [-0.2, 0) is 12.8 Å². The number of rotatable bonds is 8. The van der Waals surface area contributed by atoms with Crippen molar-refractivity contribution in [1.82, 2.24) is 0 Å². The molecule has 0 spiro atoms. The Morgan fingerprint density at radius 3 is 1.83 bits per heavy atom. The fourth-order valence-corrected chi connectivity index (χ4v) is 3.78.